The van der Waals surface area contributed by atoms with E-state index in [0.29, 0.717) is 30.8 Å². The Morgan fingerprint density at radius 2 is 2.33 bits per heavy atom. The van der Waals surface area contributed by atoms with Gasteiger partial charge in [0.2, 0.25) is 0 Å². The first-order chi connectivity index (χ1) is 8.61. The summed E-state index contributed by atoms with van der Waals surface area (Å²) in [7, 11) is 0. The lowest BCUT2D eigenvalue weighted by Gasteiger charge is -2.43. The van der Waals surface area contributed by atoms with Gasteiger partial charge in [0.25, 0.3) is 0 Å². The number of hydrogen-bond acceptors (Lipinski definition) is 3. The summed E-state index contributed by atoms with van der Waals surface area (Å²) in [5, 5.41) is 2.52. The first kappa shape index (κ1) is 11.7. The van der Waals surface area contributed by atoms with Crippen LogP contribution in [-0.4, -0.2) is 23.6 Å². The van der Waals surface area contributed by atoms with Crippen molar-refractivity contribution in [3.05, 3.63) is 29.6 Å². The fourth-order valence-electron chi connectivity index (χ4n) is 2.71. The first-order valence-electron chi connectivity index (χ1n) is 5.80. The van der Waals surface area contributed by atoms with Gasteiger partial charge in [0.05, 0.1) is 17.8 Å². The van der Waals surface area contributed by atoms with Crippen molar-refractivity contribution >= 4 is 23.6 Å². The third-order valence-electron chi connectivity index (χ3n) is 3.40. The van der Waals surface area contributed by atoms with E-state index in [9.17, 15) is 9.18 Å². The van der Waals surface area contributed by atoms with E-state index in [2.05, 4.69) is 5.32 Å². The smallest absolute Gasteiger partial charge is 0.412 e. The van der Waals surface area contributed by atoms with Gasteiger partial charge in [-0.3, -0.25) is 5.32 Å². The average Bonchev–Trinajstić information content (AvgIpc) is 2.27. The molecule has 0 aromatic heterocycles. The Kier molecular flexibility index (Phi) is 2.68. The van der Waals surface area contributed by atoms with Crippen LogP contribution in [0.3, 0.4) is 0 Å². The van der Waals surface area contributed by atoms with E-state index in [4.69, 9.17) is 16.5 Å². The van der Waals surface area contributed by atoms with Crippen LogP contribution in [-0.2, 0) is 10.3 Å². The van der Waals surface area contributed by atoms with Crippen molar-refractivity contribution < 1.29 is 13.9 Å². The van der Waals surface area contributed by atoms with Crippen molar-refractivity contribution in [2.75, 3.05) is 18.4 Å². The van der Waals surface area contributed by atoms with Gasteiger partial charge in [0.1, 0.15) is 5.82 Å². The number of carbonyl (C=O) groups is 1. The summed E-state index contributed by atoms with van der Waals surface area (Å²) in [6.45, 7) is 1.01. The molecule has 2 aliphatic rings. The highest BCUT2D eigenvalue weighted by atomic mass is 35.5. The molecule has 96 valence electrons. The second-order valence-electron chi connectivity index (χ2n) is 4.62. The van der Waals surface area contributed by atoms with Crippen molar-refractivity contribution in [2.45, 2.75) is 18.4 Å². The molecule has 0 aliphatic carbocycles. The summed E-state index contributed by atoms with van der Waals surface area (Å²) in [6, 6.07) is 4.61. The Morgan fingerprint density at radius 1 is 1.50 bits per heavy atom. The van der Waals surface area contributed by atoms with Crippen LogP contribution >= 0.6 is 11.8 Å². The molecule has 0 radical (unpaired) electrons. The zero-order valence-electron chi connectivity index (χ0n) is 9.58. The van der Waals surface area contributed by atoms with Gasteiger partial charge in [-0.1, -0.05) is 6.07 Å². The fraction of sp³-hybridized carbons (Fsp3) is 0.417. The summed E-state index contributed by atoms with van der Waals surface area (Å²) in [4.78, 5) is 11.6. The Morgan fingerprint density at radius 3 is 3.11 bits per heavy atom. The number of fused-ring (bicyclic) bond motifs is 2. The van der Waals surface area contributed by atoms with Crippen LogP contribution in [0.1, 0.15) is 18.4 Å². The van der Waals surface area contributed by atoms with Crippen molar-refractivity contribution in [1.82, 2.24) is 4.42 Å². The highest BCUT2D eigenvalue weighted by Crippen LogP contribution is 2.43. The Bertz CT molecular complexity index is 511. The molecule has 1 fully saturated rings. The van der Waals surface area contributed by atoms with E-state index in [-0.39, 0.29) is 5.82 Å². The summed E-state index contributed by atoms with van der Waals surface area (Å²) in [5.41, 5.74) is -0.101. The lowest BCUT2D eigenvalue weighted by atomic mass is 9.84. The lowest BCUT2D eigenvalue weighted by molar-refractivity contribution is -0.0290. The second kappa shape index (κ2) is 4.10. The van der Waals surface area contributed by atoms with Crippen LogP contribution in [0.5, 0.6) is 0 Å². The van der Waals surface area contributed by atoms with Gasteiger partial charge in [0, 0.05) is 6.54 Å². The molecule has 1 spiro atoms. The fourth-order valence-corrected chi connectivity index (χ4v) is 3.03. The lowest BCUT2D eigenvalue weighted by Crippen LogP contribution is -2.49. The van der Waals surface area contributed by atoms with E-state index in [0.717, 1.165) is 6.42 Å². The largest absolute Gasteiger partial charge is 0.436 e. The number of ether oxygens (including phenoxy) is 1. The van der Waals surface area contributed by atoms with Crippen LogP contribution in [0.4, 0.5) is 14.9 Å². The molecule has 2 heterocycles. The molecule has 4 nitrogen and oxygen atoms in total. The van der Waals surface area contributed by atoms with E-state index in [1.165, 1.54) is 6.07 Å². The van der Waals surface area contributed by atoms with Crippen molar-refractivity contribution in [3.8, 4) is 0 Å². The standard InChI is InChI=1S/C12H12ClFN2O2/c13-16-6-2-5-12(7-16)10-8(14)3-1-4-9(10)15-11(17)18-12/h1,3-4H,2,5-7H2,(H,15,17). The number of rotatable bonds is 0. The number of nitrogens with zero attached hydrogens (tertiary/aromatic N) is 1. The molecular formula is C12H12ClFN2O2. The number of nitrogens with one attached hydrogen (secondary N) is 1. The van der Waals surface area contributed by atoms with Gasteiger partial charge in [-0.2, -0.15) is 0 Å². The van der Waals surface area contributed by atoms with E-state index in [1.807, 2.05) is 0 Å². The van der Waals surface area contributed by atoms with Gasteiger partial charge in [-0.05, 0) is 36.8 Å². The predicted molar refractivity (Wildman–Crippen MR) is 64.8 cm³/mol. The molecule has 1 amide bonds. The highest BCUT2D eigenvalue weighted by molar-refractivity contribution is 6.13. The minimum Gasteiger partial charge on any atom is -0.436 e. The molecule has 0 saturated carbocycles. The maximum atomic E-state index is 14.1. The number of hydrogen-bond donors (Lipinski definition) is 1. The second-order valence-corrected chi connectivity index (χ2v) is 5.10. The van der Waals surface area contributed by atoms with E-state index in [1.54, 1.807) is 16.6 Å². The van der Waals surface area contributed by atoms with Crippen molar-refractivity contribution in [3.63, 3.8) is 0 Å². The van der Waals surface area contributed by atoms with Gasteiger partial charge < -0.3 is 4.74 Å². The summed E-state index contributed by atoms with van der Waals surface area (Å²) in [5.74, 6) is -0.375. The molecule has 1 saturated heterocycles. The zero-order chi connectivity index (χ0) is 12.8. The first-order valence-corrected chi connectivity index (χ1v) is 6.14. The Balaban J connectivity index is 2.14. The molecule has 0 bridgehead atoms. The maximum absolute atomic E-state index is 14.1. The van der Waals surface area contributed by atoms with E-state index < -0.39 is 11.7 Å². The maximum Gasteiger partial charge on any atom is 0.412 e. The molecule has 1 aromatic rings. The normalized spacial score (nSPS) is 27.6. The predicted octanol–water partition coefficient (Wildman–Crippen LogP) is 2.83. The molecular weight excluding hydrogens is 259 g/mol. The topological polar surface area (TPSA) is 41.6 Å². The number of piperidine rings is 1. The molecule has 3 rings (SSSR count). The van der Waals surface area contributed by atoms with Crippen LogP contribution in [0.25, 0.3) is 0 Å². The Labute approximate surface area is 109 Å². The monoisotopic (exact) mass is 270 g/mol. The zero-order valence-corrected chi connectivity index (χ0v) is 10.3. The quantitative estimate of drug-likeness (QED) is 0.737. The van der Waals surface area contributed by atoms with Crippen LogP contribution < -0.4 is 5.32 Å². The number of halogens is 2. The minimum atomic E-state index is -0.969. The molecule has 1 N–H and O–H groups in total. The van der Waals surface area contributed by atoms with Gasteiger partial charge in [-0.15, -0.1) is 0 Å². The molecule has 18 heavy (non-hydrogen) atoms. The molecule has 1 atom stereocenters. The third-order valence-corrected chi connectivity index (χ3v) is 3.69. The summed E-state index contributed by atoms with van der Waals surface area (Å²) >= 11 is 6.01. The molecule has 1 unspecified atom stereocenters. The van der Waals surface area contributed by atoms with Crippen molar-refractivity contribution in [2.24, 2.45) is 0 Å². The highest BCUT2D eigenvalue weighted by Gasteiger charge is 2.46. The number of benzene rings is 1. The minimum absolute atomic E-state index is 0.301. The van der Waals surface area contributed by atoms with E-state index >= 15 is 0 Å². The molecule has 1 aromatic carbocycles. The van der Waals surface area contributed by atoms with Crippen LogP contribution in [0, 0.1) is 5.82 Å². The van der Waals surface area contributed by atoms with Crippen molar-refractivity contribution in [1.29, 1.82) is 0 Å². The van der Waals surface area contributed by atoms with Gasteiger partial charge in [-0.25, -0.2) is 13.6 Å². The summed E-state index contributed by atoms with van der Waals surface area (Å²) < 4.78 is 21.0. The SMILES string of the molecule is O=C1Nc2cccc(F)c2C2(CCCN(Cl)C2)O1. The Hall–Kier alpha value is -1.33. The molecule has 6 heteroatoms. The van der Waals surface area contributed by atoms with Crippen LogP contribution in [0.15, 0.2) is 18.2 Å². The average molecular weight is 271 g/mol. The number of anilines is 1. The summed E-state index contributed by atoms with van der Waals surface area (Å²) in [6.07, 6.45) is 0.780. The molecule has 2 aliphatic heterocycles. The number of amides is 1. The van der Waals surface area contributed by atoms with Gasteiger partial charge >= 0.3 is 6.09 Å². The van der Waals surface area contributed by atoms with Crippen LogP contribution in [0.2, 0.25) is 0 Å². The number of carbonyl (C=O) groups excluding carboxylic acids is 1. The van der Waals surface area contributed by atoms with Gasteiger partial charge in [0.15, 0.2) is 5.60 Å². The third kappa shape index (κ3) is 1.74.